The van der Waals surface area contributed by atoms with Crippen LogP contribution in [0.5, 0.6) is 0 Å². The molecule has 2 fully saturated rings. The van der Waals surface area contributed by atoms with Gasteiger partial charge in [0, 0.05) is 6.61 Å². The summed E-state index contributed by atoms with van der Waals surface area (Å²) in [6.07, 6.45) is 2.90. The maximum Gasteiger partial charge on any atom is 0.325 e. The van der Waals surface area contributed by atoms with Gasteiger partial charge in [0.25, 0.3) is 5.91 Å². The Morgan fingerprint density at radius 1 is 0.962 bits per heavy atom. The minimum atomic E-state index is -1.19. The number of hydrogen-bond acceptors (Lipinski definition) is 3. The zero-order valence-corrected chi connectivity index (χ0v) is 14.6. The number of urea groups is 1. The highest BCUT2D eigenvalue weighted by atomic mass is 16.5. The molecule has 2 aliphatic rings. The van der Waals surface area contributed by atoms with Crippen LogP contribution in [0.25, 0.3) is 0 Å². The molecule has 1 N–H and O–H groups in total. The number of imide groups is 1. The summed E-state index contributed by atoms with van der Waals surface area (Å²) in [5.74, 6) is -0.242. The third-order valence-corrected chi connectivity index (χ3v) is 5.18. The minimum Gasteiger partial charge on any atom is -0.376 e. The lowest BCUT2D eigenvalue weighted by atomic mass is 9.82. The van der Waals surface area contributed by atoms with Gasteiger partial charge in [-0.25, -0.2) is 4.79 Å². The molecule has 2 saturated heterocycles. The summed E-state index contributed by atoms with van der Waals surface area (Å²) in [6.45, 7) is 0.989. The van der Waals surface area contributed by atoms with E-state index < -0.39 is 5.54 Å². The Hall–Kier alpha value is -2.66. The highest BCUT2D eigenvalue weighted by Gasteiger charge is 2.53. The molecule has 4 rings (SSSR count). The first-order valence-corrected chi connectivity index (χ1v) is 9.08. The van der Waals surface area contributed by atoms with Crippen molar-refractivity contribution in [1.82, 2.24) is 10.2 Å². The van der Waals surface area contributed by atoms with Gasteiger partial charge >= 0.3 is 6.03 Å². The maximum atomic E-state index is 13.5. The highest BCUT2D eigenvalue weighted by molar-refractivity contribution is 6.09. The van der Waals surface area contributed by atoms with Crippen molar-refractivity contribution >= 4 is 11.9 Å². The summed E-state index contributed by atoms with van der Waals surface area (Å²) >= 11 is 0. The van der Waals surface area contributed by atoms with Crippen LogP contribution in [-0.4, -0.2) is 36.1 Å². The van der Waals surface area contributed by atoms with Crippen LogP contribution in [0.3, 0.4) is 0 Å². The molecule has 5 heteroatoms. The third-order valence-electron chi connectivity index (χ3n) is 5.18. The zero-order valence-electron chi connectivity index (χ0n) is 14.6. The SMILES string of the molecule is O=C1NC(c2ccccc2)(c2ccccc2)C(=O)N1CC1CCCCO1. The Morgan fingerprint density at radius 2 is 1.58 bits per heavy atom. The van der Waals surface area contributed by atoms with Crippen LogP contribution in [0, 0.1) is 0 Å². The van der Waals surface area contributed by atoms with Crippen LogP contribution in [0.1, 0.15) is 30.4 Å². The van der Waals surface area contributed by atoms with Gasteiger partial charge in [-0.15, -0.1) is 0 Å². The lowest BCUT2D eigenvalue weighted by molar-refractivity contribution is -0.132. The lowest BCUT2D eigenvalue weighted by Gasteiger charge is -2.29. The predicted octanol–water partition coefficient (Wildman–Crippen LogP) is 3.05. The summed E-state index contributed by atoms with van der Waals surface area (Å²) in [5, 5.41) is 2.97. The van der Waals surface area contributed by atoms with Gasteiger partial charge in [0.15, 0.2) is 5.54 Å². The first-order valence-electron chi connectivity index (χ1n) is 9.08. The van der Waals surface area contributed by atoms with E-state index in [9.17, 15) is 9.59 Å². The van der Waals surface area contributed by atoms with E-state index in [2.05, 4.69) is 5.32 Å². The van der Waals surface area contributed by atoms with Gasteiger partial charge in [-0.1, -0.05) is 60.7 Å². The molecule has 2 heterocycles. The van der Waals surface area contributed by atoms with Crippen molar-refractivity contribution in [3.8, 4) is 0 Å². The molecule has 0 aliphatic carbocycles. The van der Waals surface area contributed by atoms with E-state index in [0.29, 0.717) is 13.2 Å². The molecule has 2 aliphatic heterocycles. The number of carbonyl (C=O) groups excluding carboxylic acids is 2. The summed E-state index contributed by atoms with van der Waals surface area (Å²) in [4.78, 5) is 27.6. The summed E-state index contributed by atoms with van der Waals surface area (Å²) in [6, 6.07) is 18.5. The van der Waals surface area contributed by atoms with E-state index in [4.69, 9.17) is 4.74 Å². The van der Waals surface area contributed by atoms with E-state index in [1.807, 2.05) is 60.7 Å². The van der Waals surface area contributed by atoms with Crippen LogP contribution < -0.4 is 5.32 Å². The monoisotopic (exact) mass is 350 g/mol. The summed E-state index contributed by atoms with van der Waals surface area (Å²) in [7, 11) is 0. The second-order valence-corrected chi connectivity index (χ2v) is 6.82. The van der Waals surface area contributed by atoms with Crippen molar-refractivity contribution in [2.24, 2.45) is 0 Å². The Morgan fingerprint density at radius 3 is 2.12 bits per heavy atom. The molecule has 3 amide bonds. The molecule has 0 aromatic heterocycles. The van der Waals surface area contributed by atoms with Gasteiger partial charge in [0.2, 0.25) is 0 Å². The van der Waals surface area contributed by atoms with E-state index >= 15 is 0 Å². The molecule has 2 aromatic carbocycles. The van der Waals surface area contributed by atoms with Gasteiger partial charge in [-0.05, 0) is 30.4 Å². The predicted molar refractivity (Wildman–Crippen MR) is 97.5 cm³/mol. The summed E-state index contributed by atoms with van der Waals surface area (Å²) < 4.78 is 5.74. The largest absolute Gasteiger partial charge is 0.376 e. The van der Waals surface area contributed by atoms with Gasteiger partial charge in [0.05, 0.1) is 12.6 Å². The Balaban J connectivity index is 1.73. The molecule has 5 nitrogen and oxygen atoms in total. The zero-order chi connectivity index (χ0) is 18.0. The van der Waals surface area contributed by atoms with Crippen molar-refractivity contribution < 1.29 is 14.3 Å². The van der Waals surface area contributed by atoms with Gasteiger partial charge < -0.3 is 10.1 Å². The Labute approximate surface area is 153 Å². The van der Waals surface area contributed by atoms with Crippen molar-refractivity contribution in [2.45, 2.75) is 30.9 Å². The highest BCUT2D eigenvalue weighted by Crippen LogP contribution is 2.36. The molecule has 26 heavy (non-hydrogen) atoms. The fraction of sp³-hybridized carbons (Fsp3) is 0.333. The smallest absolute Gasteiger partial charge is 0.325 e. The molecule has 0 radical (unpaired) electrons. The average Bonchev–Trinajstić information content (AvgIpc) is 2.96. The van der Waals surface area contributed by atoms with E-state index in [1.54, 1.807) is 0 Å². The fourth-order valence-corrected chi connectivity index (χ4v) is 3.83. The number of rotatable bonds is 4. The molecule has 0 saturated carbocycles. The van der Waals surface area contributed by atoms with Crippen LogP contribution in [0.4, 0.5) is 4.79 Å². The van der Waals surface area contributed by atoms with Crippen LogP contribution in [0.15, 0.2) is 60.7 Å². The van der Waals surface area contributed by atoms with Crippen molar-refractivity contribution in [2.75, 3.05) is 13.2 Å². The molecule has 0 spiro atoms. The van der Waals surface area contributed by atoms with E-state index in [0.717, 1.165) is 30.4 Å². The molecule has 0 bridgehead atoms. The Bertz CT molecular complexity index is 746. The van der Waals surface area contributed by atoms with Crippen molar-refractivity contribution in [3.05, 3.63) is 71.8 Å². The molecule has 1 unspecified atom stereocenters. The molecule has 134 valence electrons. The normalized spacial score (nSPS) is 22.3. The summed E-state index contributed by atoms with van der Waals surface area (Å²) in [5.41, 5.74) is 0.335. The van der Waals surface area contributed by atoms with Crippen LogP contribution in [-0.2, 0) is 15.1 Å². The van der Waals surface area contributed by atoms with Gasteiger partial charge in [0.1, 0.15) is 0 Å². The second-order valence-electron chi connectivity index (χ2n) is 6.82. The average molecular weight is 350 g/mol. The number of nitrogens with zero attached hydrogens (tertiary/aromatic N) is 1. The molecule has 1 atom stereocenters. The minimum absolute atomic E-state index is 0.0826. The topological polar surface area (TPSA) is 58.6 Å². The first-order chi connectivity index (χ1) is 12.7. The van der Waals surface area contributed by atoms with E-state index in [-0.39, 0.29) is 18.0 Å². The number of benzene rings is 2. The Kier molecular flexibility index (Phi) is 4.47. The maximum absolute atomic E-state index is 13.5. The number of carbonyl (C=O) groups is 2. The van der Waals surface area contributed by atoms with Crippen LogP contribution in [0.2, 0.25) is 0 Å². The van der Waals surface area contributed by atoms with Crippen molar-refractivity contribution in [3.63, 3.8) is 0 Å². The second kappa shape index (κ2) is 6.92. The standard InChI is InChI=1S/C21H22N2O3/c24-19-21(16-9-3-1-4-10-16,17-11-5-2-6-12-17)22-20(25)23(19)15-18-13-7-8-14-26-18/h1-6,9-12,18H,7-8,13-15H2,(H,22,25). The molecular weight excluding hydrogens is 328 g/mol. The number of nitrogens with one attached hydrogen (secondary N) is 1. The lowest BCUT2D eigenvalue weighted by Crippen LogP contribution is -2.46. The quantitative estimate of drug-likeness (QED) is 0.862. The molecule has 2 aromatic rings. The van der Waals surface area contributed by atoms with Gasteiger partial charge in [-0.3, -0.25) is 9.69 Å². The van der Waals surface area contributed by atoms with Crippen LogP contribution >= 0.6 is 0 Å². The molecular formula is C21H22N2O3. The number of amides is 3. The number of hydrogen-bond donors (Lipinski definition) is 1. The fourth-order valence-electron chi connectivity index (χ4n) is 3.83. The van der Waals surface area contributed by atoms with E-state index in [1.165, 1.54) is 4.90 Å². The first kappa shape index (κ1) is 16.8. The van der Waals surface area contributed by atoms with Crippen molar-refractivity contribution in [1.29, 1.82) is 0 Å². The van der Waals surface area contributed by atoms with Gasteiger partial charge in [-0.2, -0.15) is 0 Å². The third kappa shape index (κ3) is 2.78. The number of ether oxygens (including phenoxy) is 1.